The number of nitrogens with zero attached hydrogens (tertiary/aromatic N) is 2. The summed E-state index contributed by atoms with van der Waals surface area (Å²) in [5.41, 5.74) is 0. The molecule has 0 spiro atoms. The van der Waals surface area contributed by atoms with Gasteiger partial charge in [0.1, 0.15) is 0 Å². The fourth-order valence-electron chi connectivity index (χ4n) is 1.49. The summed E-state index contributed by atoms with van der Waals surface area (Å²) >= 11 is 1.45. The molecule has 15 heavy (non-hydrogen) atoms. The van der Waals surface area contributed by atoms with Gasteiger partial charge < -0.3 is 0 Å². The van der Waals surface area contributed by atoms with E-state index in [4.69, 9.17) is 0 Å². The largest absolute Gasteiger partial charge is 0.294 e. The standard InChI is InChI=1S/C9H11N3O2S/c1-2-3-10-6-7(13)11-9-12(8(6)14)4-5-15-9/h2,6,10H,1,3-5H2. The van der Waals surface area contributed by atoms with E-state index in [2.05, 4.69) is 16.9 Å². The van der Waals surface area contributed by atoms with Crippen molar-refractivity contribution in [3.63, 3.8) is 0 Å². The van der Waals surface area contributed by atoms with Crippen LogP contribution in [0.15, 0.2) is 17.6 Å². The molecule has 0 saturated carbocycles. The number of carbonyl (C=O) groups is 2. The van der Waals surface area contributed by atoms with Gasteiger partial charge >= 0.3 is 0 Å². The Labute approximate surface area is 91.6 Å². The molecule has 2 amide bonds. The molecular weight excluding hydrogens is 214 g/mol. The first-order valence-corrected chi connectivity index (χ1v) is 5.63. The maximum Gasteiger partial charge on any atom is 0.274 e. The molecule has 0 aromatic rings. The smallest absolute Gasteiger partial charge is 0.274 e. The maximum absolute atomic E-state index is 11.8. The molecule has 1 unspecified atom stereocenters. The second-order valence-electron chi connectivity index (χ2n) is 3.20. The number of thioether (sulfide) groups is 1. The number of fused-ring (bicyclic) bond motifs is 1. The highest BCUT2D eigenvalue weighted by atomic mass is 32.2. The average molecular weight is 225 g/mol. The summed E-state index contributed by atoms with van der Waals surface area (Å²) in [6.45, 7) is 4.59. The quantitative estimate of drug-likeness (QED) is 0.524. The minimum atomic E-state index is -0.828. The first-order chi connectivity index (χ1) is 7.24. The molecule has 1 fully saturated rings. The molecule has 0 aromatic carbocycles. The number of amides is 2. The van der Waals surface area contributed by atoms with Crippen LogP contribution in [0.3, 0.4) is 0 Å². The third-order valence-electron chi connectivity index (χ3n) is 2.21. The predicted octanol–water partition coefficient (Wildman–Crippen LogP) is -0.398. The summed E-state index contributed by atoms with van der Waals surface area (Å²) in [6.07, 6.45) is 1.61. The van der Waals surface area contributed by atoms with E-state index < -0.39 is 11.9 Å². The Morgan fingerprint density at radius 2 is 2.47 bits per heavy atom. The van der Waals surface area contributed by atoms with Crippen molar-refractivity contribution in [3.05, 3.63) is 12.7 Å². The Bertz CT molecular complexity index is 353. The molecule has 2 rings (SSSR count). The van der Waals surface area contributed by atoms with Gasteiger partial charge in [-0.05, 0) is 0 Å². The van der Waals surface area contributed by atoms with E-state index in [1.807, 2.05) is 0 Å². The van der Waals surface area contributed by atoms with Gasteiger partial charge in [0.05, 0.1) is 0 Å². The van der Waals surface area contributed by atoms with Crippen LogP contribution in [0, 0.1) is 0 Å². The van der Waals surface area contributed by atoms with Crippen LogP contribution in [0.5, 0.6) is 0 Å². The predicted molar refractivity (Wildman–Crippen MR) is 58.6 cm³/mol. The van der Waals surface area contributed by atoms with Crippen molar-refractivity contribution in [2.45, 2.75) is 6.04 Å². The van der Waals surface area contributed by atoms with E-state index in [0.29, 0.717) is 18.3 Å². The van der Waals surface area contributed by atoms with E-state index >= 15 is 0 Å². The van der Waals surface area contributed by atoms with E-state index in [9.17, 15) is 9.59 Å². The molecule has 0 aliphatic carbocycles. The number of hydrogen-bond donors (Lipinski definition) is 1. The zero-order chi connectivity index (χ0) is 10.8. The maximum atomic E-state index is 11.8. The third-order valence-corrected chi connectivity index (χ3v) is 3.17. The lowest BCUT2D eigenvalue weighted by molar-refractivity contribution is -0.136. The van der Waals surface area contributed by atoms with Crippen molar-refractivity contribution < 1.29 is 9.59 Å². The average Bonchev–Trinajstić information content (AvgIpc) is 2.65. The second kappa shape index (κ2) is 4.16. The third kappa shape index (κ3) is 1.82. The monoisotopic (exact) mass is 225 g/mol. The normalized spacial score (nSPS) is 25.2. The Kier molecular flexibility index (Phi) is 2.88. The summed E-state index contributed by atoms with van der Waals surface area (Å²) in [5.74, 6) is 0.214. The molecule has 2 aliphatic heterocycles. The molecule has 2 aliphatic rings. The number of hydrogen-bond acceptors (Lipinski definition) is 4. The molecule has 5 nitrogen and oxygen atoms in total. The Balaban J connectivity index is 2.17. The number of rotatable bonds is 3. The van der Waals surface area contributed by atoms with Crippen LogP contribution in [-0.2, 0) is 9.59 Å². The van der Waals surface area contributed by atoms with E-state index in [-0.39, 0.29) is 5.91 Å². The van der Waals surface area contributed by atoms with Crippen molar-refractivity contribution in [1.82, 2.24) is 10.2 Å². The number of nitrogens with one attached hydrogen (secondary N) is 1. The van der Waals surface area contributed by atoms with Gasteiger partial charge in [0.25, 0.3) is 11.8 Å². The summed E-state index contributed by atoms with van der Waals surface area (Å²) in [4.78, 5) is 28.8. The second-order valence-corrected chi connectivity index (χ2v) is 4.26. The number of amidine groups is 1. The van der Waals surface area contributed by atoms with Crippen molar-refractivity contribution in [2.24, 2.45) is 4.99 Å². The van der Waals surface area contributed by atoms with Crippen LogP contribution >= 0.6 is 11.8 Å². The Morgan fingerprint density at radius 1 is 1.67 bits per heavy atom. The summed E-state index contributed by atoms with van der Waals surface area (Å²) < 4.78 is 0. The highest BCUT2D eigenvalue weighted by Crippen LogP contribution is 2.22. The topological polar surface area (TPSA) is 61.8 Å². The van der Waals surface area contributed by atoms with E-state index in [1.165, 1.54) is 11.8 Å². The SMILES string of the molecule is C=CCNC1C(=O)N=C2SCCN2C1=O. The molecule has 0 radical (unpaired) electrons. The van der Waals surface area contributed by atoms with Crippen molar-refractivity contribution in [3.8, 4) is 0 Å². The number of carbonyl (C=O) groups excluding carboxylic acids is 2. The summed E-state index contributed by atoms with van der Waals surface area (Å²) in [6, 6.07) is -0.828. The van der Waals surface area contributed by atoms with Gasteiger partial charge in [-0.15, -0.1) is 6.58 Å². The summed E-state index contributed by atoms with van der Waals surface area (Å²) in [7, 11) is 0. The van der Waals surface area contributed by atoms with Gasteiger partial charge in [-0.2, -0.15) is 4.99 Å². The van der Waals surface area contributed by atoms with Crippen LogP contribution < -0.4 is 5.32 Å². The molecule has 6 heteroatoms. The molecule has 0 aromatic heterocycles. The molecule has 1 N–H and O–H groups in total. The molecule has 2 heterocycles. The Morgan fingerprint density at radius 3 is 3.20 bits per heavy atom. The van der Waals surface area contributed by atoms with Crippen LogP contribution in [0.25, 0.3) is 0 Å². The lowest BCUT2D eigenvalue weighted by Gasteiger charge is -2.25. The van der Waals surface area contributed by atoms with E-state index in [0.717, 1.165) is 5.75 Å². The zero-order valence-corrected chi connectivity index (χ0v) is 8.92. The molecule has 0 bridgehead atoms. The fraction of sp³-hybridized carbons (Fsp3) is 0.444. The first kappa shape index (κ1) is 10.4. The highest BCUT2D eigenvalue weighted by Gasteiger charge is 2.39. The van der Waals surface area contributed by atoms with Crippen LogP contribution in [0.2, 0.25) is 0 Å². The van der Waals surface area contributed by atoms with Crippen molar-refractivity contribution in [2.75, 3.05) is 18.8 Å². The molecule has 80 valence electrons. The van der Waals surface area contributed by atoms with Crippen LogP contribution in [0.4, 0.5) is 0 Å². The van der Waals surface area contributed by atoms with Crippen LogP contribution in [0.1, 0.15) is 0 Å². The van der Waals surface area contributed by atoms with Gasteiger partial charge in [-0.1, -0.05) is 17.8 Å². The number of aliphatic imine (C=N–C) groups is 1. The van der Waals surface area contributed by atoms with Crippen molar-refractivity contribution in [1.29, 1.82) is 0 Å². The van der Waals surface area contributed by atoms with Gasteiger partial charge in [-0.3, -0.25) is 19.8 Å². The highest BCUT2D eigenvalue weighted by molar-refractivity contribution is 8.14. The van der Waals surface area contributed by atoms with Gasteiger partial charge in [0.15, 0.2) is 11.2 Å². The molecular formula is C9H11N3O2S. The summed E-state index contributed by atoms with van der Waals surface area (Å²) in [5, 5.41) is 3.35. The molecule has 1 atom stereocenters. The van der Waals surface area contributed by atoms with Gasteiger partial charge in [0, 0.05) is 18.8 Å². The molecule has 1 saturated heterocycles. The van der Waals surface area contributed by atoms with Crippen molar-refractivity contribution >= 4 is 28.7 Å². The van der Waals surface area contributed by atoms with Gasteiger partial charge in [0.2, 0.25) is 0 Å². The van der Waals surface area contributed by atoms with E-state index in [1.54, 1.807) is 11.0 Å². The van der Waals surface area contributed by atoms with Crippen LogP contribution in [-0.4, -0.2) is 46.8 Å². The lowest BCUT2D eigenvalue weighted by atomic mass is 10.2. The fourth-order valence-corrected chi connectivity index (χ4v) is 2.44. The van der Waals surface area contributed by atoms with Gasteiger partial charge in [-0.25, -0.2) is 0 Å². The zero-order valence-electron chi connectivity index (χ0n) is 8.10. The Hall–Kier alpha value is -1.14. The lowest BCUT2D eigenvalue weighted by Crippen LogP contribution is -2.54. The first-order valence-electron chi connectivity index (χ1n) is 4.65. The minimum Gasteiger partial charge on any atom is -0.294 e. The minimum absolute atomic E-state index is 0.197.